The van der Waals surface area contributed by atoms with Crippen molar-refractivity contribution in [2.24, 2.45) is 0 Å². The summed E-state index contributed by atoms with van der Waals surface area (Å²) in [7, 11) is 0. The molecule has 3 heteroatoms. The van der Waals surface area contributed by atoms with Crippen molar-refractivity contribution in [2.75, 3.05) is 0 Å². The van der Waals surface area contributed by atoms with Crippen molar-refractivity contribution in [3.05, 3.63) is 34.3 Å². The molecule has 0 N–H and O–H groups in total. The molecule has 0 saturated heterocycles. The van der Waals surface area contributed by atoms with Gasteiger partial charge in [0, 0.05) is 0 Å². The zero-order valence-corrected chi connectivity index (χ0v) is 8.60. The van der Waals surface area contributed by atoms with Gasteiger partial charge in [0.2, 0.25) is 0 Å². The van der Waals surface area contributed by atoms with Crippen molar-refractivity contribution in [2.45, 2.75) is 0 Å². The van der Waals surface area contributed by atoms with Crippen LogP contribution in [0.15, 0.2) is 28.6 Å². The summed E-state index contributed by atoms with van der Waals surface area (Å²) in [5.41, 5.74) is 2.06. The van der Waals surface area contributed by atoms with Crippen LogP contribution >= 0.6 is 27.3 Å². The van der Waals surface area contributed by atoms with Crippen LogP contribution in [0.4, 0.5) is 0 Å². The average molecular weight is 240 g/mol. The summed E-state index contributed by atoms with van der Waals surface area (Å²) >= 11 is 4.94. The number of fused-ring (bicyclic) bond motifs is 1. The molecule has 0 saturated carbocycles. The van der Waals surface area contributed by atoms with E-state index in [1.54, 1.807) is 11.3 Å². The van der Waals surface area contributed by atoms with Crippen LogP contribution in [0.5, 0.6) is 0 Å². The summed E-state index contributed by atoms with van der Waals surface area (Å²) in [5, 5.41) is 2.05. The van der Waals surface area contributed by atoms with Crippen molar-refractivity contribution in [3.63, 3.8) is 0 Å². The first-order chi connectivity index (χ1) is 5.90. The Labute approximate surface area is 82.9 Å². The minimum absolute atomic E-state index is 0.984. The van der Waals surface area contributed by atoms with E-state index in [-0.39, 0.29) is 0 Å². The second kappa shape index (κ2) is 3.37. The van der Waals surface area contributed by atoms with Gasteiger partial charge in [-0.1, -0.05) is 15.9 Å². The summed E-state index contributed by atoms with van der Waals surface area (Å²) < 4.78 is 1.24. The number of thiophene rings is 1. The van der Waals surface area contributed by atoms with Gasteiger partial charge in [0.05, 0.1) is 15.9 Å². The number of nitrogens with zero attached hydrogens (tertiary/aromatic N) is 1. The van der Waals surface area contributed by atoms with Gasteiger partial charge in [-0.3, -0.25) is 0 Å². The predicted octanol–water partition coefficient (Wildman–Crippen LogP) is 3.66. The zero-order chi connectivity index (χ0) is 8.39. The largest absolute Gasteiger partial charge is 0.248 e. The lowest BCUT2D eigenvalue weighted by Crippen LogP contribution is -1.77. The van der Waals surface area contributed by atoms with E-state index in [2.05, 4.69) is 32.4 Å². The van der Waals surface area contributed by atoms with E-state index in [9.17, 15) is 0 Å². The first-order valence-corrected chi connectivity index (χ1v) is 5.31. The molecule has 0 atom stereocenters. The topological polar surface area (TPSA) is 12.9 Å². The lowest BCUT2D eigenvalue weighted by atomic mass is 10.3. The van der Waals surface area contributed by atoms with E-state index < -0.39 is 0 Å². The predicted molar refractivity (Wildman–Crippen MR) is 57.6 cm³/mol. The lowest BCUT2D eigenvalue weighted by Gasteiger charge is -1.91. The zero-order valence-electron chi connectivity index (χ0n) is 6.20. The molecule has 12 heavy (non-hydrogen) atoms. The summed E-state index contributed by atoms with van der Waals surface area (Å²) in [6.07, 6.45) is 1.93. The highest BCUT2D eigenvalue weighted by Gasteiger charge is 1.95. The second-order valence-electron chi connectivity index (χ2n) is 2.33. The van der Waals surface area contributed by atoms with E-state index in [4.69, 9.17) is 0 Å². The number of rotatable bonds is 1. The molecule has 1 nitrogen and oxygen atoms in total. The summed E-state index contributed by atoms with van der Waals surface area (Å²) in [4.78, 5) is 6.23. The average Bonchev–Trinajstić information content (AvgIpc) is 2.51. The van der Waals surface area contributed by atoms with Crippen LogP contribution in [0.25, 0.3) is 16.3 Å². The van der Waals surface area contributed by atoms with Crippen molar-refractivity contribution >= 4 is 43.6 Å². The van der Waals surface area contributed by atoms with Crippen molar-refractivity contribution in [1.29, 1.82) is 0 Å². The molecule has 0 fully saturated rings. The Morgan fingerprint density at radius 3 is 3.08 bits per heavy atom. The maximum atomic E-state index is 4.42. The molecule has 0 unspecified atom stereocenters. The third kappa shape index (κ3) is 1.42. The van der Waals surface area contributed by atoms with E-state index in [0.29, 0.717) is 0 Å². The highest BCUT2D eigenvalue weighted by molar-refractivity contribution is 9.11. The Morgan fingerprint density at radius 1 is 1.33 bits per heavy atom. The quantitative estimate of drug-likeness (QED) is 0.741. The molecule has 2 aromatic heterocycles. The van der Waals surface area contributed by atoms with Crippen LogP contribution in [-0.2, 0) is 0 Å². The second-order valence-corrected chi connectivity index (χ2v) is 3.81. The third-order valence-electron chi connectivity index (χ3n) is 1.56. The molecule has 2 rings (SSSR count). The highest BCUT2D eigenvalue weighted by Crippen LogP contribution is 2.19. The van der Waals surface area contributed by atoms with Crippen molar-refractivity contribution in [3.8, 4) is 0 Å². The minimum Gasteiger partial charge on any atom is -0.248 e. The molecule has 0 aromatic carbocycles. The Morgan fingerprint density at radius 2 is 2.25 bits per heavy atom. The van der Waals surface area contributed by atoms with Gasteiger partial charge in [-0.05, 0) is 34.6 Å². The van der Waals surface area contributed by atoms with Crippen LogP contribution in [-0.4, -0.2) is 4.98 Å². The SMILES string of the molecule is BrC=Cc1ccc2sccc2n1. The maximum absolute atomic E-state index is 4.42. The first-order valence-electron chi connectivity index (χ1n) is 3.51. The molecule has 0 aliphatic rings. The van der Waals surface area contributed by atoms with Crippen LogP contribution in [0.2, 0.25) is 0 Å². The van der Waals surface area contributed by atoms with Gasteiger partial charge in [0.15, 0.2) is 0 Å². The van der Waals surface area contributed by atoms with Gasteiger partial charge in [-0.25, -0.2) is 4.98 Å². The number of pyridine rings is 1. The molecule has 0 amide bonds. The molecule has 0 aliphatic heterocycles. The molecule has 60 valence electrons. The molecule has 2 aromatic rings. The van der Waals surface area contributed by atoms with Gasteiger partial charge >= 0.3 is 0 Å². The monoisotopic (exact) mass is 239 g/mol. The maximum Gasteiger partial charge on any atom is 0.0816 e. The Kier molecular flexibility index (Phi) is 2.23. The third-order valence-corrected chi connectivity index (χ3v) is 2.70. The Balaban J connectivity index is 2.60. The van der Waals surface area contributed by atoms with E-state index in [1.807, 2.05) is 23.2 Å². The first kappa shape index (κ1) is 7.95. The Bertz CT molecular complexity index is 419. The molecule has 0 aliphatic carbocycles. The van der Waals surface area contributed by atoms with Crippen LogP contribution < -0.4 is 0 Å². The normalized spacial score (nSPS) is 11.4. The summed E-state index contributed by atoms with van der Waals surface area (Å²) in [5.74, 6) is 0. The lowest BCUT2D eigenvalue weighted by molar-refractivity contribution is 1.38. The number of aromatic nitrogens is 1. The fourth-order valence-corrected chi connectivity index (χ4v) is 2.02. The summed E-state index contributed by atoms with van der Waals surface area (Å²) in [6.45, 7) is 0. The molecule has 0 spiro atoms. The van der Waals surface area contributed by atoms with Gasteiger partial charge in [-0.2, -0.15) is 0 Å². The van der Waals surface area contributed by atoms with Crippen LogP contribution in [0.1, 0.15) is 5.69 Å². The molecular formula is C9H6BrNS. The number of hydrogen-bond acceptors (Lipinski definition) is 2. The molecular weight excluding hydrogens is 234 g/mol. The van der Waals surface area contributed by atoms with Crippen LogP contribution in [0, 0.1) is 0 Å². The fourth-order valence-electron chi connectivity index (χ4n) is 1.03. The standard InChI is InChI=1S/C9H6BrNS/c10-5-3-7-1-2-9-8(11-7)4-6-12-9/h1-6H. The fraction of sp³-hybridized carbons (Fsp3) is 0. The summed E-state index contributed by atoms with van der Waals surface area (Å²) in [6, 6.07) is 6.14. The van der Waals surface area contributed by atoms with Gasteiger partial charge in [-0.15, -0.1) is 11.3 Å². The number of hydrogen-bond donors (Lipinski definition) is 0. The van der Waals surface area contributed by atoms with E-state index in [0.717, 1.165) is 11.2 Å². The van der Waals surface area contributed by atoms with Gasteiger partial charge in [0.1, 0.15) is 0 Å². The Hall–Kier alpha value is -0.670. The molecule has 2 heterocycles. The van der Waals surface area contributed by atoms with E-state index in [1.165, 1.54) is 4.70 Å². The highest BCUT2D eigenvalue weighted by atomic mass is 79.9. The molecule has 0 radical (unpaired) electrons. The number of halogens is 1. The van der Waals surface area contributed by atoms with Gasteiger partial charge < -0.3 is 0 Å². The van der Waals surface area contributed by atoms with Crippen molar-refractivity contribution in [1.82, 2.24) is 4.98 Å². The minimum atomic E-state index is 0.984. The van der Waals surface area contributed by atoms with Crippen molar-refractivity contribution < 1.29 is 0 Å². The molecule has 0 bridgehead atoms. The van der Waals surface area contributed by atoms with Crippen LogP contribution in [0.3, 0.4) is 0 Å². The smallest absolute Gasteiger partial charge is 0.0816 e. The van der Waals surface area contributed by atoms with E-state index >= 15 is 0 Å². The van der Waals surface area contributed by atoms with Gasteiger partial charge in [0.25, 0.3) is 0 Å².